The van der Waals surface area contributed by atoms with E-state index in [2.05, 4.69) is 28.1 Å². The summed E-state index contributed by atoms with van der Waals surface area (Å²) in [5, 5.41) is 17.7. The molecule has 2 nitrogen and oxygen atoms in total. The maximum absolute atomic E-state index is 9.16. The first-order chi connectivity index (χ1) is 7.12. The number of rotatable bonds is 3. The van der Waals surface area contributed by atoms with E-state index >= 15 is 0 Å². The normalized spacial score (nSPS) is 13.6. The third-order valence-corrected chi connectivity index (χ3v) is 2.99. The van der Waals surface area contributed by atoms with Gasteiger partial charge in [0.15, 0.2) is 0 Å². The van der Waals surface area contributed by atoms with Gasteiger partial charge in [0.2, 0.25) is 0 Å². The fraction of sp³-hybridized carbons (Fsp3) is 0.333. The van der Waals surface area contributed by atoms with Gasteiger partial charge in [-0.05, 0) is 31.0 Å². The summed E-state index contributed by atoms with van der Waals surface area (Å²) in [5.74, 6) is 0. The molecule has 0 saturated carbocycles. The van der Waals surface area contributed by atoms with Crippen LogP contribution in [0.4, 0.5) is 0 Å². The summed E-state index contributed by atoms with van der Waals surface area (Å²) in [4.78, 5) is 0. The third kappa shape index (κ3) is 2.81. The molecule has 3 heteroatoms. The van der Waals surface area contributed by atoms with Crippen molar-refractivity contribution in [3.63, 3.8) is 0 Å². The minimum absolute atomic E-state index is 0.403. The molecule has 0 aliphatic heterocycles. The molecule has 0 radical (unpaired) electrons. The van der Waals surface area contributed by atoms with Crippen LogP contribution in [0.5, 0.6) is 0 Å². The molecule has 1 unspecified atom stereocenters. The van der Waals surface area contributed by atoms with Gasteiger partial charge in [-0.1, -0.05) is 28.1 Å². The lowest BCUT2D eigenvalue weighted by Gasteiger charge is -2.20. The maximum Gasteiger partial charge on any atom is 0.0804 e. The van der Waals surface area contributed by atoms with Gasteiger partial charge < -0.3 is 0 Å². The van der Waals surface area contributed by atoms with E-state index in [9.17, 15) is 0 Å². The predicted molar refractivity (Wildman–Crippen MR) is 62.0 cm³/mol. The number of hydrogen-bond acceptors (Lipinski definition) is 2. The topological polar surface area (TPSA) is 47.6 Å². The van der Waals surface area contributed by atoms with Crippen LogP contribution in [0.15, 0.2) is 28.7 Å². The SMILES string of the molecule is CC(C#N)(CCC#N)c1ccc(Br)cc1. The molecule has 0 aliphatic carbocycles. The summed E-state index contributed by atoms with van der Waals surface area (Å²) in [5.41, 5.74) is 0.402. The molecule has 0 bridgehead atoms. The van der Waals surface area contributed by atoms with Gasteiger partial charge in [-0.25, -0.2) is 0 Å². The monoisotopic (exact) mass is 262 g/mol. The van der Waals surface area contributed by atoms with Crippen molar-refractivity contribution in [3.05, 3.63) is 34.3 Å². The fourth-order valence-electron chi connectivity index (χ4n) is 1.39. The smallest absolute Gasteiger partial charge is 0.0804 e. The average molecular weight is 263 g/mol. The van der Waals surface area contributed by atoms with E-state index in [0.29, 0.717) is 12.8 Å². The molecule has 0 heterocycles. The minimum Gasteiger partial charge on any atom is -0.198 e. The van der Waals surface area contributed by atoms with Crippen LogP contribution in [0.1, 0.15) is 25.3 Å². The van der Waals surface area contributed by atoms with Crippen molar-refractivity contribution in [2.75, 3.05) is 0 Å². The molecule has 0 N–H and O–H groups in total. The van der Waals surface area contributed by atoms with Crippen molar-refractivity contribution < 1.29 is 0 Å². The predicted octanol–water partition coefficient (Wildman–Crippen LogP) is 3.53. The van der Waals surface area contributed by atoms with Crippen LogP contribution in [-0.4, -0.2) is 0 Å². The molecule has 0 aliphatic rings. The molecule has 1 atom stereocenters. The van der Waals surface area contributed by atoms with E-state index in [1.807, 2.05) is 31.2 Å². The van der Waals surface area contributed by atoms with Crippen LogP contribution in [0.3, 0.4) is 0 Å². The zero-order chi connectivity index (χ0) is 11.3. The Morgan fingerprint density at radius 1 is 1.27 bits per heavy atom. The Kier molecular flexibility index (Phi) is 3.88. The lowest BCUT2D eigenvalue weighted by Crippen LogP contribution is -2.19. The minimum atomic E-state index is -0.559. The summed E-state index contributed by atoms with van der Waals surface area (Å²) in [6.45, 7) is 1.87. The second-order valence-electron chi connectivity index (χ2n) is 3.61. The molecular formula is C12H11BrN2. The second kappa shape index (κ2) is 4.96. The summed E-state index contributed by atoms with van der Waals surface area (Å²) in [7, 11) is 0. The van der Waals surface area contributed by atoms with Crippen LogP contribution < -0.4 is 0 Å². The van der Waals surface area contributed by atoms with Crippen LogP contribution in [0, 0.1) is 22.7 Å². The lowest BCUT2D eigenvalue weighted by molar-refractivity contribution is 0.562. The molecule has 1 aromatic rings. The van der Waals surface area contributed by atoms with E-state index in [1.165, 1.54) is 0 Å². The number of hydrogen-bond donors (Lipinski definition) is 0. The number of nitrogens with zero attached hydrogens (tertiary/aromatic N) is 2. The molecule has 0 aromatic heterocycles. The van der Waals surface area contributed by atoms with Crippen molar-refractivity contribution in [2.24, 2.45) is 0 Å². The Morgan fingerprint density at radius 3 is 2.33 bits per heavy atom. The molecule has 1 rings (SSSR count). The van der Waals surface area contributed by atoms with Gasteiger partial charge in [-0.15, -0.1) is 0 Å². The van der Waals surface area contributed by atoms with E-state index in [0.717, 1.165) is 10.0 Å². The average Bonchev–Trinajstić information content (AvgIpc) is 2.27. The third-order valence-electron chi connectivity index (χ3n) is 2.46. The largest absolute Gasteiger partial charge is 0.198 e. The van der Waals surface area contributed by atoms with Crippen molar-refractivity contribution in [1.82, 2.24) is 0 Å². The highest BCUT2D eigenvalue weighted by atomic mass is 79.9. The molecule has 0 fully saturated rings. The van der Waals surface area contributed by atoms with Crippen LogP contribution in [0.25, 0.3) is 0 Å². The first kappa shape index (κ1) is 11.8. The zero-order valence-electron chi connectivity index (χ0n) is 8.50. The summed E-state index contributed by atoms with van der Waals surface area (Å²) in [6.07, 6.45) is 0.974. The molecule has 76 valence electrons. The van der Waals surface area contributed by atoms with Gasteiger partial charge in [-0.2, -0.15) is 10.5 Å². The highest BCUT2D eigenvalue weighted by Crippen LogP contribution is 2.29. The van der Waals surface area contributed by atoms with Gasteiger partial charge in [-0.3, -0.25) is 0 Å². The van der Waals surface area contributed by atoms with Gasteiger partial charge in [0.1, 0.15) is 0 Å². The quantitative estimate of drug-likeness (QED) is 0.837. The van der Waals surface area contributed by atoms with Crippen molar-refractivity contribution in [3.8, 4) is 12.1 Å². The van der Waals surface area contributed by atoms with E-state index < -0.39 is 5.41 Å². The molecular weight excluding hydrogens is 252 g/mol. The number of nitriles is 2. The number of benzene rings is 1. The molecule has 0 saturated heterocycles. The van der Waals surface area contributed by atoms with Gasteiger partial charge in [0.25, 0.3) is 0 Å². The highest BCUT2D eigenvalue weighted by molar-refractivity contribution is 9.10. The van der Waals surface area contributed by atoms with Crippen molar-refractivity contribution >= 4 is 15.9 Å². The Balaban J connectivity index is 2.97. The van der Waals surface area contributed by atoms with Crippen LogP contribution >= 0.6 is 15.9 Å². The van der Waals surface area contributed by atoms with E-state index in [-0.39, 0.29) is 0 Å². The fourth-order valence-corrected chi connectivity index (χ4v) is 1.65. The summed E-state index contributed by atoms with van der Waals surface area (Å²) in [6, 6.07) is 12.0. The van der Waals surface area contributed by atoms with Crippen molar-refractivity contribution in [2.45, 2.75) is 25.2 Å². The molecule has 1 aromatic carbocycles. The Labute approximate surface area is 98.3 Å². The van der Waals surface area contributed by atoms with Crippen LogP contribution in [-0.2, 0) is 5.41 Å². The van der Waals surface area contributed by atoms with Crippen LogP contribution in [0.2, 0.25) is 0 Å². The van der Waals surface area contributed by atoms with E-state index in [4.69, 9.17) is 10.5 Å². The summed E-state index contributed by atoms with van der Waals surface area (Å²) < 4.78 is 0.992. The first-order valence-electron chi connectivity index (χ1n) is 4.66. The van der Waals surface area contributed by atoms with Gasteiger partial charge in [0.05, 0.1) is 17.6 Å². The van der Waals surface area contributed by atoms with E-state index in [1.54, 1.807) is 0 Å². The van der Waals surface area contributed by atoms with Gasteiger partial charge >= 0.3 is 0 Å². The zero-order valence-corrected chi connectivity index (χ0v) is 10.1. The first-order valence-corrected chi connectivity index (χ1v) is 5.46. The Morgan fingerprint density at radius 2 is 1.87 bits per heavy atom. The number of halogens is 1. The Bertz CT molecular complexity index is 411. The lowest BCUT2D eigenvalue weighted by atomic mass is 9.80. The Hall–Kier alpha value is -1.32. The summed E-state index contributed by atoms with van der Waals surface area (Å²) >= 11 is 3.35. The van der Waals surface area contributed by atoms with Crippen molar-refractivity contribution in [1.29, 1.82) is 10.5 Å². The second-order valence-corrected chi connectivity index (χ2v) is 4.52. The highest BCUT2D eigenvalue weighted by Gasteiger charge is 2.25. The molecule has 15 heavy (non-hydrogen) atoms. The standard InChI is InChI=1S/C12H11BrN2/c1-12(9-15,7-2-8-14)10-3-5-11(13)6-4-10/h3-6H,2,7H2,1H3. The molecule has 0 spiro atoms. The van der Waals surface area contributed by atoms with Gasteiger partial charge in [0, 0.05) is 10.9 Å². The maximum atomic E-state index is 9.16. The molecule has 0 amide bonds.